The maximum atomic E-state index is 4.90. The van der Waals surface area contributed by atoms with E-state index in [4.69, 9.17) is 4.42 Å². The van der Waals surface area contributed by atoms with Gasteiger partial charge in [-0.3, -0.25) is 0 Å². The summed E-state index contributed by atoms with van der Waals surface area (Å²) in [5, 5.41) is 7.30. The molecular formula is C7H9N3O. The zero-order chi connectivity index (χ0) is 8.10. The fourth-order valence-corrected chi connectivity index (χ4v) is 0.627. The molecule has 0 aliphatic rings. The molecule has 0 radical (unpaired) electrons. The van der Waals surface area contributed by atoms with Crippen molar-refractivity contribution in [3.63, 3.8) is 0 Å². The van der Waals surface area contributed by atoms with Crippen molar-refractivity contribution in [2.75, 3.05) is 0 Å². The lowest BCUT2D eigenvalue weighted by Gasteiger charge is -1.77. The zero-order valence-electron chi connectivity index (χ0n) is 6.48. The van der Waals surface area contributed by atoms with Crippen LogP contribution in [-0.2, 0) is 0 Å². The van der Waals surface area contributed by atoms with Gasteiger partial charge in [0.2, 0.25) is 5.65 Å². The van der Waals surface area contributed by atoms with Crippen molar-refractivity contribution in [3.05, 3.63) is 18.7 Å². The van der Waals surface area contributed by atoms with Crippen molar-refractivity contribution in [2.24, 2.45) is 0 Å². The highest BCUT2D eigenvalue weighted by atomic mass is 16.3. The van der Waals surface area contributed by atoms with E-state index in [0.717, 1.165) is 0 Å². The fourth-order valence-electron chi connectivity index (χ4n) is 0.627. The SMILES string of the molecule is CC.c1cc2ocnc2nn1. The van der Waals surface area contributed by atoms with Gasteiger partial charge < -0.3 is 4.42 Å². The molecule has 0 N–H and O–H groups in total. The number of hydrogen-bond acceptors (Lipinski definition) is 4. The van der Waals surface area contributed by atoms with Crippen LogP contribution in [0.3, 0.4) is 0 Å². The van der Waals surface area contributed by atoms with Crippen molar-refractivity contribution in [1.29, 1.82) is 0 Å². The third-order valence-corrected chi connectivity index (χ3v) is 1.02. The van der Waals surface area contributed by atoms with E-state index in [9.17, 15) is 0 Å². The van der Waals surface area contributed by atoms with Gasteiger partial charge in [0.15, 0.2) is 12.0 Å². The predicted octanol–water partition coefficient (Wildman–Crippen LogP) is 1.64. The molecule has 2 aromatic rings. The lowest BCUT2D eigenvalue weighted by atomic mass is 10.5. The van der Waals surface area contributed by atoms with Gasteiger partial charge in [0.25, 0.3) is 0 Å². The maximum absolute atomic E-state index is 4.90. The van der Waals surface area contributed by atoms with Crippen LogP contribution in [0.15, 0.2) is 23.1 Å². The third-order valence-electron chi connectivity index (χ3n) is 1.02. The van der Waals surface area contributed by atoms with Crippen molar-refractivity contribution < 1.29 is 4.42 Å². The predicted molar refractivity (Wildman–Crippen MR) is 40.9 cm³/mol. The summed E-state index contributed by atoms with van der Waals surface area (Å²) in [6.45, 7) is 4.00. The van der Waals surface area contributed by atoms with Gasteiger partial charge in [-0.25, -0.2) is 0 Å². The third kappa shape index (κ3) is 1.52. The van der Waals surface area contributed by atoms with Crippen molar-refractivity contribution in [3.8, 4) is 0 Å². The fraction of sp³-hybridized carbons (Fsp3) is 0.286. The highest BCUT2D eigenvalue weighted by molar-refractivity contribution is 5.65. The summed E-state index contributed by atoms with van der Waals surface area (Å²) in [6.07, 6.45) is 2.91. The first-order valence-corrected chi connectivity index (χ1v) is 3.48. The Kier molecular flexibility index (Phi) is 2.54. The molecule has 0 aromatic carbocycles. The van der Waals surface area contributed by atoms with Crippen LogP contribution < -0.4 is 0 Å². The summed E-state index contributed by atoms with van der Waals surface area (Å²) in [4.78, 5) is 3.78. The number of hydrogen-bond donors (Lipinski definition) is 0. The molecule has 0 fully saturated rings. The summed E-state index contributed by atoms with van der Waals surface area (Å²) in [5.41, 5.74) is 1.22. The van der Waals surface area contributed by atoms with E-state index in [-0.39, 0.29) is 0 Å². The molecule has 0 saturated heterocycles. The molecule has 0 aliphatic heterocycles. The molecular weight excluding hydrogens is 142 g/mol. The van der Waals surface area contributed by atoms with Gasteiger partial charge in [-0.05, 0) is 0 Å². The maximum Gasteiger partial charge on any atom is 0.220 e. The second-order valence-electron chi connectivity index (χ2n) is 1.57. The van der Waals surface area contributed by atoms with Crippen molar-refractivity contribution >= 4 is 11.2 Å². The normalized spacial score (nSPS) is 8.91. The molecule has 0 saturated carbocycles. The largest absolute Gasteiger partial charge is 0.442 e. The van der Waals surface area contributed by atoms with E-state index in [2.05, 4.69) is 15.2 Å². The molecule has 0 unspecified atom stereocenters. The minimum absolute atomic E-state index is 0.553. The van der Waals surface area contributed by atoms with Crippen LogP contribution in [0.1, 0.15) is 13.8 Å². The van der Waals surface area contributed by atoms with Gasteiger partial charge in [0.05, 0.1) is 6.20 Å². The standard InChI is InChI=1S/C5H3N3O.C2H6/c1-2-7-8-5-4(1)9-3-6-5;1-2/h1-3H;1-2H3. The first-order chi connectivity index (χ1) is 5.47. The number of nitrogens with zero attached hydrogens (tertiary/aromatic N) is 3. The van der Waals surface area contributed by atoms with Crippen LogP contribution in [0, 0.1) is 0 Å². The molecule has 0 amide bonds. The molecule has 2 heterocycles. The first kappa shape index (κ1) is 7.65. The second kappa shape index (κ2) is 3.65. The van der Waals surface area contributed by atoms with Gasteiger partial charge in [0, 0.05) is 6.07 Å². The number of aromatic nitrogens is 3. The van der Waals surface area contributed by atoms with Gasteiger partial charge in [-0.1, -0.05) is 13.8 Å². The zero-order valence-corrected chi connectivity index (χ0v) is 6.48. The summed E-state index contributed by atoms with van der Waals surface area (Å²) in [7, 11) is 0. The summed E-state index contributed by atoms with van der Waals surface area (Å²) >= 11 is 0. The molecule has 2 aromatic heterocycles. The van der Waals surface area contributed by atoms with E-state index in [1.807, 2.05) is 13.8 Å². The molecule has 0 bridgehead atoms. The lowest BCUT2D eigenvalue weighted by Crippen LogP contribution is -1.77. The van der Waals surface area contributed by atoms with E-state index in [0.29, 0.717) is 11.2 Å². The minimum Gasteiger partial charge on any atom is -0.442 e. The molecule has 4 heteroatoms. The first-order valence-electron chi connectivity index (χ1n) is 3.48. The summed E-state index contributed by atoms with van der Waals surface area (Å²) in [6, 6.07) is 1.72. The average molecular weight is 151 g/mol. The van der Waals surface area contributed by atoms with Gasteiger partial charge >= 0.3 is 0 Å². The Balaban J connectivity index is 0.000000281. The molecule has 2 rings (SSSR count). The molecule has 0 spiro atoms. The Labute approximate surface area is 64.3 Å². The van der Waals surface area contributed by atoms with Crippen LogP contribution in [0.5, 0.6) is 0 Å². The monoisotopic (exact) mass is 151 g/mol. The highest BCUT2D eigenvalue weighted by Gasteiger charge is 1.94. The van der Waals surface area contributed by atoms with Crippen molar-refractivity contribution in [2.45, 2.75) is 13.8 Å². The van der Waals surface area contributed by atoms with E-state index < -0.39 is 0 Å². The summed E-state index contributed by atoms with van der Waals surface area (Å²) < 4.78 is 4.90. The van der Waals surface area contributed by atoms with Gasteiger partial charge in [-0.15, -0.1) is 5.10 Å². The quantitative estimate of drug-likeness (QED) is 0.574. The number of rotatable bonds is 0. The lowest BCUT2D eigenvalue weighted by molar-refractivity contribution is 0.601. The van der Waals surface area contributed by atoms with E-state index in [1.54, 1.807) is 12.3 Å². The molecule has 58 valence electrons. The van der Waals surface area contributed by atoms with Crippen LogP contribution in [-0.4, -0.2) is 15.2 Å². The molecule has 4 nitrogen and oxygen atoms in total. The Morgan fingerprint density at radius 3 is 2.91 bits per heavy atom. The van der Waals surface area contributed by atoms with Gasteiger partial charge in [0.1, 0.15) is 0 Å². The Hall–Kier alpha value is -1.45. The van der Waals surface area contributed by atoms with Crippen LogP contribution in [0.25, 0.3) is 11.2 Å². The van der Waals surface area contributed by atoms with Crippen LogP contribution in [0.2, 0.25) is 0 Å². The minimum atomic E-state index is 0.553. The smallest absolute Gasteiger partial charge is 0.220 e. The topological polar surface area (TPSA) is 51.8 Å². The van der Waals surface area contributed by atoms with E-state index >= 15 is 0 Å². The van der Waals surface area contributed by atoms with Crippen molar-refractivity contribution in [1.82, 2.24) is 15.2 Å². The van der Waals surface area contributed by atoms with E-state index in [1.165, 1.54) is 6.39 Å². The Morgan fingerprint density at radius 1 is 1.36 bits per heavy atom. The van der Waals surface area contributed by atoms with Crippen LogP contribution >= 0.6 is 0 Å². The average Bonchev–Trinajstić information content (AvgIpc) is 2.55. The molecule has 11 heavy (non-hydrogen) atoms. The van der Waals surface area contributed by atoms with Gasteiger partial charge in [-0.2, -0.15) is 10.1 Å². The molecule has 0 aliphatic carbocycles. The molecule has 0 atom stereocenters. The highest BCUT2D eigenvalue weighted by Crippen LogP contribution is 2.04. The second-order valence-corrected chi connectivity index (χ2v) is 1.57. The number of oxazole rings is 1. The Morgan fingerprint density at radius 2 is 2.18 bits per heavy atom. The Bertz CT molecular complexity index is 288. The van der Waals surface area contributed by atoms with Crippen LogP contribution in [0.4, 0.5) is 0 Å². The summed E-state index contributed by atoms with van der Waals surface area (Å²) in [5.74, 6) is 0. The number of fused-ring (bicyclic) bond motifs is 1.